The molecule has 3 aliphatic heterocycles. The van der Waals surface area contributed by atoms with E-state index < -0.39 is 6.04 Å². The zero-order valence-electron chi connectivity index (χ0n) is 17.5. The number of benzene rings is 1. The van der Waals surface area contributed by atoms with Crippen molar-refractivity contribution in [3.05, 3.63) is 45.4 Å². The van der Waals surface area contributed by atoms with E-state index in [0.717, 1.165) is 59.8 Å². The Kier molecular flexibility index (Phi) is 6.27. The number of nitrogens with zero attached hydrogens (tertiary/aromatic N) is 3. The van der Waals surface area contributed by atoms with Gasteiger partial charge < -0.3 is 9.64 Å². The Labute approximate surface area is 194 Å². The summed E-state index contributed by atoms with van der Waals surface area (Å²) in [6.07, 6.45) is 0.632. The molecule has 1 aromatic heterocycles. The Morgan fingerprint density at radius 3 is 2.88 bits per heavy atom. The van der Waals surface area contributed by atoms with Crippen molar-refractivity contribution < 1.29 is 19.1 Å². The van der Waals surface area contributed by atoms with E-state index in [2.05, 4.69) is 15.6 Å². The topological polar surface area (TPSA) is 91.8 Å². The van der Waals surface area contributed by atoms with Crippen LogP contribution in [0.4, 0.5) is 0 Å². The largest absolute Gasteiger partial charge is 0.379 e. The fraction of sp³-hybridized carbons (Fsp3) is 0.455. The lowest BCUT2D eigenvalue weighted by atomic mass is 10.0. The molecule has 0 bridgehead atoms. The van der Waals surface area contributed by atoms with Crippen LogP contribution in [0.25, 0.3) is 0 Å². The van der Waals surface area contributed by atoms with Gasteiger partial charge in [-0.25, -0.2) is 4.98 Å². The van der Waals surface area contributed by atoms with Crippen LogP contribution in [0.5, 0.6) is 0 Å². The number of fused-ring (bicyclic) bond motifs is 1. The molecule has 5 rings (SSSR count). The van der Waals surface area contributed by atoms with Crippen LogP contribution in [0.15, 0.2) is 28.5 Å². The number of hydrogen-bond acceptors (Lipinski definition) is 8. The lowest BCUT2D eigenvalue weighted by Crippen LogP contribution is -2.52. The Morgan fingerprint density at radius 1 is 1.22 bits per heavy atom. The van der Waals surface area contributed by atoms with Gasteiger partial charge in [-0.2, -0.15) is 0 Å². The zero-order valence-corrected chi connectivity index (χ0v) is 19.2. The fourth-order valence-electron chi connectivity index (χ4n) is 4.31. The highest BCUT2D eigenvalue weighted by Gasteiger charge is 2.39. The van der Waals surface area contributed by atoms with Crippen molar-refractivity contribution in [2.24, 2.45) is 0 Å². The van der Waals surface area contributed by atoms with Gasteiger partial charge in [0.2, 0.25) is 11.8 Å². The molecule has 0 radical (unpaired) electrons. The number of morpholine rings is 1. The number of amides is 3. The highest BCUT2D eigenvalue weighted by atomic mass is 32.2. The minimum Gasteiger partial charge on any atom is -0.379 e. The van der Waals surface area contributed by atoms with Crippen LogP contribution in [0, 0.1) is 0 Å². The maximum absolute atomic E-state index is 13.0. The quantitative estimate of drug-likeness (QED) is 0.508. The summed E-state index contributed by atoms with van der Waals surface area (Å²) in [6, 6.07) is 5.13. The molecular weight excluding hydrogens is 448 g/mol. The van der Waals surface area contributed by atoms with Crippen molar-refractivity contribution in [2.45, 2.75) is 42.6 Å². The fourth-order valence-corrected chi connectivity index (χ4v) is 6.19. The van der Waals surface area contributed by atoms with Crippen molar-refractivity contribution in [3.63, 3.8) is 0 Å². The molecule has 3 aliphatic rings. The van der Waals surface area contributed by atoms with Crippen LogP contribution in [-0.2, 0) is 33.2 Å². The number of hydrogen-bond donors (Lipinski definition) is 1. The Balaban J connectivity index is 1.24. The van der Waals surface area contributed by atoms with Crippen molar-refractivity contribution >= 4 is 40.8 Å². The summed E-state index contributed by atoms with van der Waals surface area (Å²) in [6.45, 7) is 4.68. The Morgan fingerprint density at radius 2 is 2.06 bits per heavy atom. The molecule has 0 aliphatic carbocycles. The molecule has 3 amide bonds. The number of nitrogens with one attached hydrogen (secondary N) is 1. The van der Waals surface area contributed by atoms with Crippen LogP contribution < -0.4 is 5.32 Å². The second-order valence-electron chi connectivity index (χ2n) is 8.09. The van der Waals surface area contributed by atoms with Gasteiger partial charge in [0.15, 0.2) is 0 Å². The van der Waals surface area contributed by atoms with Gasteiger partial charge in [-0.3, -0.25) is 24.6 Å². The molecule has 1 atom stereocenters. The molecule has 1 unspecified atom stereocenters. The average Bonchev–Trinajstić information content (AvgIpc) is 3.38. The van der Waals surface area contributed by atoms with Crippen LogP contribution in [0.1, 0.15) is 39.5 Å². The third-order valence-electron chi connectivity index (χ3n) is 5.98. The summed E-state index contributed by atoms with van der Waals surface area (Å²) >= 11 is 3.33. The molecule has 0 saturated carbocycles. The first kappa shape index (κ1) is 21.6. The molecule has 1 N–H and O–H groups in total. The lowest BCUT2D eigenvalue weighted by molar-refractivity contribution is -0.136. The molecule has 32 heavy (non-hydrogen) atoms. The highest BCUT2D eigenvalue weighted by Crippen LogP contribution is 2.36. The van der Waals surface area contributed by atoms with E-state index in [9.17, 15) is 14.4 Å². The molecule has 2 saturated heterocycles. The van der Waals surface area contributed by atoms with E-state index in [4.69, 9.17) is 9.72 Å². The summed E-state index contributed by atoms with van der Waals surface area (Å²) in [4.78, 5) is 46.5. The van der Waals surface area contributed by atoms with Crippen molar-refractivity contribution in [1.29, 1.82) is 0 Å². The second-order valence-corrected chi connectivity index (χ2v) is 10.1. The van der Waals surface area contributed by atoms with Gasteiger partial charge in [0.05, 0.1) is 24.7 Å². The van der Waals surface area contributed by atoms with E-state index >= 15 is 0 Å². The molecule has 2 fully saturated rings. The molecule has 0 spiro atoms. The van der Waals surface area contributed by atoms with Crippen molar-refractivity contribution in [2.75, 3.05) is 26.3 Å². The Hall–Kier alpha value is -2.27. The van der Waals surface area contributed by atoms with Crippen molar-refractivity contribution in [3.8, 4) is 0 Å². The number of ether oxygens (including phenoxy) is 1. The van der Waals surface area contributed by atoms with Gasteiger partial charge in [-0.05, 0) is 24.1 Å². The molecule has 10 heteroatoms. The number of carbonyl (C=O) groups excluding carboxylic acids is 3. The predicted molar refractivity (Wildman–Crippen MR) is 120 cm³/mol. The maximum Gasteiger partial charge on any atom is 0.255 e. The van der Waals surface area contributed by atoms with Gasteiger partial charge >= 0.3 is 0 Å². The monoisotopic (exact) mass is 472 g/mol. The van der Waals surface area contributed by atoms with Crippen LogP contribution in [-0.4, -0.2) is 64.9 Å². The van der Waals surface area contributed by atoms with Crippen LogP contribution in [0.2, 0.25) is 0 Å². The maximum atomic E-state index is 13.0. The van der Waals surface area contributed by atoms with E-state index in [1.165, 1.54) is 0 Å². The van der Waals surface area contributed by atoms with Crippen molar-refractivity contribution in [1.82, 2.24) is 20.1 Å². The predicted octanol–water partition coefficient (Wildman–Crippen LogP) is 2.03. The summed E-state index contributed by atoms with van der Waals surface area (Å²) in [5, 5.41) is 5.53. The number of piperidine rings is 1. The normalized spacial score (nSPS) is 21.7. The number of thiazole rings is 1. The first-order chi connectivity index (χ1) is 15.6. The molecular formula is C22H24N4O4S2. The average molecular weight is 473 g/mol. The van der Waals surface area contributed by atoms with Gasteiger partial charge in [0.25, 0.3) is 5.91 Å². The van der Waals surface area contributed by atoms with Gasteiger partial charge in [0.1, 0.15) is 11.0 Å². The number of aromatic nitrogens is 1. The van der Waals surface area contributed by atoms with E-state index in [-0.39, 0.29) is 24.1 Å². The smallest absolute Gasteiger partial charge is 0.255 e. The summed E-state index contributed by atoms with van der Waals surface area (Å²) in [5.41, 5.74) is 2.69. The first-order valence-electron chi connectivity index (χ1n) is 10.7. The summed E-state index contributed by atoms with van der Waals surface area (Å²) in [7, 11) is 0. The summed E-state index contributed by atoms with van der Waals surface area (Å²) in [5.74, 6) is -0.0640. The van der Waals surface area contributed by atoms with Crippen LogP contribution >= 0.6 is 23.1 Å². The highest BCUT2D eigenvalue weighted by molar-refractivity contribution is 7.98. The standard InChI is InChI=1S/C22H24N4O4S2/c27-19-5-4-17(21(28)24-19)26-11-16-15(22(26)29)2-1-3-18(16)31-13-20-23-14(12-32-20)10-25-6-8-30-9-7-25/h1-3,12,17H,4-11,13H2,(H,24,27,28). The summed E-state index contributed by atoms with van der Waals surface area (Å²) < 4.78 is 5.40. The minimum atomic E-state index is -0.591. The Bertz CT molecular complexity index is 1050. The van der Waals surface area contributed by atoms with Crippen LogP contribution in [0.3, 0.4) is 0 Å². The first-order valence-corrected chi connectivity index (χ1v) is 12.6. The number of rotatable bonds is 6. The third kappa shape index (κ3) is 4.45. The molecule has 4 heterocycles. The third-order valence-corrected chi connectivity index (χ3v) is 8.17. The van der Waals surface area contributed by atoms with Gasteiger partial charge in [-0.15, -0.1) is 23.1 Å². The molecule has 1 aromatic carbocycles. The SMILES string of the molecule is O=C1CCC(N2Cc3c(SCc4nc(CN5CCOCC5)cs4)cccc3C2=O)C(=O)N1. The number of imide groups is 1. The number of thioether (sulfide) groups is 1. The lowest BCUT2D eigenvalue weighted by Gasteiger charge is -2.29. The molecule has 2 aromatic rings. The molecule has 8 nitrogen and oxygen atoms in total. The number of carbonyl (C=O) groups is 3. The zero-order chi connectivity index (χ0) is 22.1. The minimum absolute atomic E-state index is 0.140. The van der Waals surface area contributed by atoms with Gasteiger partial charge in [-0.1, -0.05) is 6.07 Å². The van der Waals surface area contributed by atoms with Gasteiger partial charge in [0, 0.05) is 48.4 Å². The van der Waals surface area contributed by atoms with E-state index in [1.54, 1.807) is 28.0 Å². The van der Waals surface area contributed by atoms with E-state index in [1.807, 2.05) is 18.2 Å². The molecule has 168 valence electrons. The second kappa shape index (κ2) is 9.30. The van der Waals surface area contributed by atoms with E-state index in [0.29, 0.717) is 18.5 Å².